The fraction of sp³-hybridized carbons (Fsp3) is 0.286. The summed E-state index contributed by atoms with van der Waals surface area (Å²) in [4.78, 5) is 4.97. The number of aryl methyl sites for hydroxylation is 2. The Hall–Kier alpha value is -5.50. The molecule has 3 aliphatic rings. The molecular formula is C42H44N8. The molecule has 8 heteroatoms. The Bertz CT molecular complexity index is 2300. The summed E-state index contributed by atoms with van der Waals surface area (Å²) in [6.45, 7) is 2.43. The second kappa shape index (κ2) is 14.2. The van der Waals surface area contributed by atoms with E-state index in [2.05, 4.69) is 99.2 Å². The van der Waals surface area contributed by atoms with Gasteiger partial charge in [0, 0.05) is 52.7 Å². The zero-order chi connectivity index (χ0) is 33.9. The maximum absolute atomic E-state index is 8.43. The molecule has 0 saturated carbocycles. The number of nitrogens with two attached hydrogens (primary N) is 1. The summed E-state index contributed by atoms with van der Waals surface area (Å²) in [7, 11) is 0. The van der Waals surface area contributed by atoms with E-state index in [0.717, 1.165) is 115 Å². The van der Waals surface area contributed by atoms with Gasteiger partial charge in [-0.3, -0.25) is 9.67 Å². The van der Waals surface area contributed by atoms with Gasteiger partial charge in [0.05, 0.1) is 34.5 Å². The number of hydrogen-bond acceptors (Lipinski definition) is 6. The van der Waals surface area contributed by atoms with Crippen LogP contribution in [-0.4, -0.2) is 31.1 Å². The van der Waals surface area contributed by atoms with Crippen molar-refractivity contribution in [1.29, 1.82) is 5.41 Å². The summed E-state index contributed by atoms with van der Waals surface area (Å²) in [5.41, 5.74) is 17.7. The van der Waals surface area contributed by atoms with Gasteiger partial charge < -0.3 is 21.0 Å². The highest BCUT2D eigenvalue weighted by Gasteiger charge is 2.20. The zero-order valence-corrected chi connectivity index (χ0v) is 28.5. The Morgan fingerprint density at radius 1 is 0.780 bits per heavy atom. The van der Waals surface area contributed by atoms with Crippen LogP contribution in [0.4, 0.5) is 11.4 Å². The second-order valence-electron chi connectivity index (χ2n) is 13.6. The molecule has 50 heavy (non-hydrogen) atoms. The van der Waals surface area contributed by atoms with Gasteiger partial charge in [-0.2, -0.15) is 0 Å². The highest BCUT2D eigenvalue weighted by Crippen LogP contribution is 2.39. The number of rotatable bonds is 12. The standard InChI is InChI=1S/C42H44N8/c43-30-19-21-33-34-22-20-31(44)27-40(34)50(42(37(33)26-30)29-12-4-3-5-13-29)24-11-2-1-6-14-32-28-49(48-47-32)25-23-45-41-35-15-7-9-17-38(35)46-39-18-10-8-16-36(39)41/h3-5,7,9,12-13,15,17,19-22,26-28,44H,1-2,6,8,10-11,14,16,18,23-25,43H2,(H,45,46). The molecule has 252 valence electrons. The summed E-state index contributed by atoms with van der Waals surface area (Å²) < 4.78 is 4.38. The van der Waals surface area contributed by atoms with Crippen molar-refractivity contribution in [2.24, 2.45) is 0 Å². The molecule has 3 heterocycles. The molecule has 8 nitrogen and oxygen atoms in total. The van der Waals surface area contributed by atoms with Crippen molar-refractivity contribution in [3.63, 3.8) is 0 Å². The normalized spacial score (nSPS) is 12.9. The molecule has 0 bridgehead atoms. The molecule has 1 aliphatic heterocycles. The van der Waals surface area contributed by atoms with Gasteiger partial charge in [-0.25, -0.2) is 0 Å². The molecular weight excluding hydrogens is 617 g/mol. The number of pyridine rings is 2. The maximum atomic E-state index is 8.43. The van der Waals surface area contributed by atoms with E-state index in [1.54, 1.807) is 0 Å². The molecule has 4 N–H and O–H groups in total. The minimum atomic E-state index is 0.522. The SMILES string of the molecule is N=c1ccc2c3ccc(N)cc3c(-c3ccccc3)n(CCCCCCc3cn(CCNc4c5c(nc6ccccc46)CCCC5)nn3)c-2c1. The molecule has 0 amide bonds. The lowest BCUT2D eigenvalue weighted by atomic mass is 9.92. The van der Waals surface area contributed by atoms with Crippen LogP contribution < -0.4 is 16.4 Å². The van der Waals surface area contributed by atoms with Crippen molar-refractivity contribution < 1.29 is 0 Å². The Labute approximate surface area is 292 Å². The molecule has 2 aromatic heterocycles. The molecule has 0 spiro atoms. The molecule has 0 atom stereocenters. The van der Waals surface area contributed by atoms with Crippen LogP contribution in [0, 0.1) is 5.41 Å². The van der Waals surface area contributed by atoms with E-state index < -0.39 is 0 Å². The lowest BCUT2D eigenvalue weighted by molar-refractivity contribution is 0.575. The summed E-state index contributed by atoms with van der Waals surface area (Å²) in [5.74, 6) is 0. The third-order valence-electron chi connectivity index (χ3n) is 10.2. The summed E-state index contributed by atoms with van der Waals surface area (Å²) >= 11 is 0. The smallest absolute Gasteiger partial charge is 0.0827 e. The van der Waals surface area contributed by atoms with Gasteiger partial charge in [0.2, 0.25) is 0 Å². The molecule has 0 fully saturated rings. The van der Waals surface area contributed by atoms with Gasteiger partial charge in [-0.1, -0.05) is 78.7 Å². The fourth-order valence-corrected chi connectivity index (χ4v) is 7.74. The Balaban J connectivity index is 0.896. The summed E-state index contributed by atoms with van der Waals surface area (Å²) in [6, 6.07) is 31.2. The van der Waals surface area contributed by atoms with Crippen LogP contribution in [0.1, 0.15) is 55.5 Å². The van der Waals surface area contributed by atoms with Gasteiger partial charge >= 0.3 is 0 Å². The third kappa shape index (κ3) is 6.45. The molecule has 0 saturated heterocycles. The zero-order valence-electron chi connectivity index (χ0n) is 28.5. The first kappa shape index (κ1) is 31.7. The van der Waals surface area contributed by atoms with Gasteiger partial charge in [0.25, 0.3) is 0 Å². The Morgan fingerprint density at radius 3 is 2.54 bits per heavy atom. The lowest BCUT2D eigenvalue weighted by Crippen LogP contribution is -2.15. The monoisotopic (exact) mass is 660 g/mol. The van der Waals surface area contributed by atoms with Crippen molar-refractivity contribution in [2.75, 3.05) is 17.6 Å². The van der Waals surface area contributed by atoms with Crippen molar-refractivity contribution in [2.45, 2.75) is 70.9 Å². The molecule has 0 radical (unpaired) electrons. The van der Waals surface area contributed by atoms with E-state index in [4.69, 9.17) is 16.1 Å². The highest BCUT2D eigenvalue weighted by molar-refractivity contribution is 6.05. The fourth-order valence-electron chi connectivity index (χ4n) is 7.74. The van der Waals surface area contributed by atoms with E-state index in [9.17, 15) is 0 Å². The van der Waals surface area contributed by atoms with E-state index in [1.165, 1.54) is 35.2 Å². The maximum Gasteiger partial charge on any atom is 0.0827 e. The number of para-hydroxylation sites is 1. The van der Waals surface area contributed by atoms with Gasteiger partial charge in [-0.05, 0) is 91.8 Å². The van der Waals surface area contributed by atoms with E-state index in [-0.39, 0.29) is 0 Å². The first-order valence-corrected chi connectivity index (χ1v) is 18.1. The van der Waals surface area contributed by atoms with Crippen LogP contribution >= 0.6 is 0 Å². The quantitative estimate of drug-likeness (QED) is 0.0693. The first-order chi connectivity index (χ1) is 24.6. The van der Waals surface area contributed by atoms with Crippen LogP contribution in [-0.2, 0) is 32.4 Å². The predicted octanol–water partition coefficient (Wildman–Crippen LogP) is 8.41. The number of unbranched alkanes of at least 4 members (excludes halogenated alkanes) is 3. The van der Waals surface area contributed by atoms with Crippen molar-refractivity contribution in [3.8, 4) is 22.5 Å². The van der Waals surface area contributed by atoms with Crippen LogP contribution in [0.15, 0.2) is 97.2 Å². The van der Waals surface area contributed by atoms with Crippen LogP contribution in [0.3, 0.4) is 0 Å². The lowest BCUT2D eigenvalue weighted by Gasteiger charge is -2.24. The average Bonchev–Trinajstić information content (AvgIpc) is 3.60. The van der Waals surface area contributed by atoms with Crippen LogP contribution in [0.25, 0.3) is 44.2 Å². The molecule has 2 aliphatic carbocycles. The van der Waals surface area contributed by atoms with Crippen LogP contribution in [0.5, 0.6) is 0 Å². The number of nitrogens with one attached hydrogen (secondary N) is 2. The number of hydrogen-bond donors (Lipinski definition) is 3. The number of anilines is 2. The largest absolute Gasteiger partial charge is 0.399 e. The van der Waals surface area contributed by atoms with Gasteiger partial charge in [0.1, 0.15) is 0 Å². The molecule has 3 aromatic carbocycles. The number of nitrogen functional groups attached to an aromatic ring is 1. The third-order valence-corrected chi connectivity index (χ3v) is 10.2. The molecule has 8 rings (SSSR count). The van der Waals surface area contributed by atoms with Crippen molar-refractivity contribution in [1.82, 2.24) is 24.5 Å². The Morgan fingerprint density at radius 2 is 1.62 bits per heavy atom. The minimum absolute atomic E-state index is 0.522. The van der Waals surface area contributed by atoms with Gasteiger partial charge in [0.15, 0.2) is 0 Å². The van der Waals surface area contributed by atoms with E-state index >= 15 is 0 Å². The van der Waals surface area contributed by atoms with Crippen molar-refractivity contribution in [3.05, 3.63) is 120 Å². The highest BCUT2D eigenvalue weighted by atomic mass is 15.4. The van der Waals surface area contributed by atoms with Gasteiger partial charge in [-0.15, -0.1) is 5.10 Å². The predicted molar refractivity (Wildman–Crippen MR) is 203 cm³/mol. The summed E-state index contributed by atoms with van der Waals surface area (Å²) in [5, 5.41) is 25.2. The first-order valence-electron chi connectivity index (χ1n) is 18.1. The van der Waals surface area contributed by atoms with E-state index in [1.807, 2.05) is 22.9 Å². The van der Waals surface area contributed by atoms with Crippen LogP contribution in [0.2, 0.25) is 0 Å². The summed E-state index contributed by atoms with van der Waals surface area (Å²) in [6.07, 6.45) is 12.0. The number of benzene rings is 4. The topological polar surface area (TPSA) is 110 Å². The molecule has 5 aromatic rings. The number of nitrogens with zero attached hydrogens (tertiary/aromatic N) is 5. The number of fused-ring (bicyclic) bond motifs is 5. The van der Waals surface area contributed by atoms with E-state index in [0.29, 0.717) is 5.36 Å². The number of aromatic nitrogens is 5. The molecule has 0 unspecified atom stereocenters. The Kier molecular flexibility index (Phi) is 8.99. The second-order valence-corrected chi connectivity index (χ2v) is 13.6. The minimum Gasteiger partial charge on any atom is -0.399 e. The van der Waals surface area contributed by atoms with Crippen molar-refractivity contribution >= 4 is 33.1 Å². The average molecular weight is 661 g/mol.